The molecule has 0 bridgehead atoms. The van der Waals surface area contributed by atoms with Gasteiger partial charge in [-0.1, -0.05) is 33.6 Å². The third kappa shape index (κ3) is 3.95. The molecule has 1 saturated carbocycles. The number of rotatable bonds is 2. The van der Waals surface area contributed by atoms with Crippen LogP contribution in [0.1, 0.15) is 65.7 Å². The topological polar surface area (TPSA) is 29.3 Å². The van der Waals surface area contributed by atoms with E-state index in [1.54, 1.807) is 0 Å². The molecule has 2 rings (SSSR count). The average molecular weight is 266 g/mol. The molecule has 3 atom stereocenters. The lowest BCUT2D eigenvalue weighted by molar-refractivity contribution is 0.0469. The van der Waals surface area contributed by atoms with Gasteiger partial charge in [-0.15, -0.1) is 0 Å². The Morgan fingerprint density at radius 1 is 1.00 bits per heavy atom. The molecule has 2 nitrogen and oxygen atoms in total. The maximum absolute atomic E-state index is 6.07. The van der Waals surface area contributed by atoms with Crippen LogP contribution < -0.4 is 5.73 Å². The van der Waals surface area contributed by atoms with Crippen molar-refractivity contribution in [1.82, 2.24) is 4.90 Å². The van der Waals surface area contributed by atoms with E-state index in [0.29, 0.717) is 5.41 Å². The molecule has 0 aromatic carbocycles. The van der Waals surface area contributed by atoms with Crippen LogP contribution in [0.4, 0.5) is 0 Å². The second-order valence-corrected chi connectivity index (χ2v) is 7.89. The zero-order valence-electron chi connectivity index (χ0n) is 13.3. The van der Waals surface area contributed by atoms with Crippen molar-refractivity contribution in [2.45, 2.75) is 71.8 Å². The van der Waals surface area contributed by atoms with Crippen LogP contribution in [0.2, 0.25) is 0 Å². The summed E-state index contributed by atoms with van der Waals surface area (Å²) in [6.45, 7) is 10.8. The zero-order valence-corrected chi connectivity index (χ0v) is 13.3. The summed E-state index contributed by atoms with van der Waals surface area (Å²) in [5.74, 6) is 1.63. The van der Waals surface area contributed by atoms with E-state index in [4.69, 9.17) is 5.73 Å². The predicted octanol–water partition coefficient (Wildman–Crippen LogP) is 3.65. The van der Waals surface area contributed by atoms with E-state index in [-0.39, 0.29) is 0 Å². The van der Waals surface area contributed by atoms with Crippen molar-refractivity contribution < 1.29 is 0 Å². The first-order chi connectivity index (χ1) is 9.02. The molecule has 2 N–H and O–H groups in total. The van der Waals surface area contributed by atoms with E-state index in [0.717, 1.165) is 24.4 Å². The van der Waals surface area contributed by atoms with Crippen LogP contribution in [0.25, 0.3) is 0 Å². The lowest BCUT2D eigenvalue weighted by Crippen LogP contribution is -2.48. The largest absolute Gasteiger partial charge is 0.330 e. The highest BCUT2D eigenvalue weighted by Crippen LogP contribution is 2.41. The standard InChI is InChI=1S/C17H34N2/c1-17(2,3)15-9-8-14(13-18)16(12-15)19-10-6-4-5-7-11-19/h14-16H,4-13,18H2,1-3H3. The number of nitrogens with two attached hydrogens (primary N) is 1. The van der Waals surface area contributed by atoms with Gasteiger partial charge in [0.2, 0.25) is 0 Å². The van der Waals surface area contributed by atoms with E-state index in [1.807, 2.05) is 0 Å². The third-order valence-corrected chi connectivity index (χ3v) is 5.59. The molecular formula is C17H34N2. The highest BCUT2D eigenvalue weighted by molar-refractivity contribution is 4.91. The minimum absolute atomic E-state index is 0.462. The van der Waals surface area contributed by atoms with Gasteiger partial charge in [0.25, 0.3) is 0 Å². The van der Waals surface area contributed by atoms with Crippen LogP contribution in [-0.4, -0.2) is 30.6 Å². The van der Waals surface area contributed by atoms with Gasteiger partial charge in [-0.05, 0) is 69.0 Å². The van der Waals surface area contributed by atoms with Gasteiger partial charge in [0.05, 0.1) is 0 Å². The quantitative estimate of drug-likeness (QED) is 0.826. The average Bonchev–Trinajstić information content (AvgIpc) is 2.65. The number of hydrogen-bond donors (Lipinski definition) is 1. The summed E-state index contributed by atoms with van der Waals surface area (Å²) in [7, 11) is 0. The summed E-state index contributed by atoms with van der Waals surface area (Å²) >= 11 is 0. The second-order valence-electron chi connectivity index (χ2n) is 7.89. The minimum Gasteiger partial charge on any atom is -0.330 e. The summed E-state index contributed by atoms with van der Waals surface area (Å²) in [5, 5.41) is 0. The third-order valence-electron chi connectivity index (χ3n) is 5.59. The number of likely N-dealkylation sites (tertiary alicyclic amines) is 1. The fourth-order valence-corrected chi connectivity index (χ4v) is 4.14. The van der Waals surface area contributed by atoms with Crippen LogP contribution in [0.15, 0.2) is 0 Å². The summed E-state index contributed by atoms with van der Waals surface area (Å²) in [6.07, 6.45) is 9.76. The van der Waals surface area contributed by atoms with E-state index in [1.165, 1.54) is 58.0 Å². The van der Waals surface area contributed by atoms with Gasteiger partial charge in [-0.3, -0.25) is 0 Å². The van der Waals surface area contributed by atoms with Crippen molar-refractivity contribution in [3.05, 3.63) is 0 Å². The fourth-order valence-electron chi connectivity index (χ4n) is 4.14. The normalized spacial score (nSPS) is 35.1. The van der Waals surface area contributed by atoms with Gasteiger partial charge >= 0.3 is 0 Å². The number of nitrogens with zero attached hydrogens (tertiary/aromatic N) is 1. The molecule has 2 heteroatoms. The molecule has 1 aliphatic heterocycles. The molecule has 19 heavy (non-hydrogen) atoms. The maximum Gasteiger partial charge on any atom is 0.0138 e. The van der Waals surface area contributed by atoms with E-state index in [2.05, 4.69) is 25.7 Å². The zero-order chi connectivity index (χ0) is 13.9. The van der Waals surface area contributed by atoms with Crippen LogP contribution in [0.5, 0.6) is 0 Å². The highest BCUT2D eigenvalue weighted by atomic mass is 15.2. The second kappa shape index (κ2) is 6.58. The first kappa shape index (κ1) is 15.3. The smallest absolute Gasteiger partial charge is 0.0138 e. The Labute approximate surface area is 120 Å². The van der Waals surface area contributed by atoms with Crippen LogP contribution in [0, 0.1) is 17.3 Å². The molecule has 3 unspecified atom stereocenters. The molecule has 0 aromatic rings. The van der Waals surface area contributed by atoms with Crippen LogP contribution in [-0.2, 0) is 0 Å². The summed E-state index contributed by atoms with van der Waals surface area (Å²) in [5.41, 5.74) is 6.53. The van der Waals surface area contributed by atoms with Gasteiger partial charge in [-0.2, -0.15) is 0 Å². The summed E-state index contributed by atoms with van der Waals surface area (Å²) in [6, 6.07) is 0.765. The maximum atomic E-state index is 6.07. The van der Waals surface area contributed by atoms with Gasteiger partial charge in [0.15, 0.2) is 0 Å². The molecule has 1 aliphatic carbocycles. The monoisotopic (exact) mass is 266 g/mol. The summed E-state index contributed by atoms with van der Waals surface area (Å²) in [4.78, 5) is 2.79. The first-order valence-corrected chi connectivity index (χ1v) is 8.46. The van der Waals surface area contributed by atoms with Crippen molar-refractivity contribution in [1.29, 1.82) is 0 Å². The SMILES string of the molecule is CC(C)(C)C1CCC(CN)C(N2CCCCCC2)C1. The molecule has 0 radical (unpaired) electrons. The molecule has 2 fully saturated rings. The lowest BCUT2D eigenvalue weighted by atomic mass is 9.67. The van der Waals surface area contributed by atoms with E-state index in [9.17, 15) is 0 Å². The Balaban J connectivity index is 2.04. The van der Waals surface area contributed by atoms with Crippen molar-refractivity contribution in [3.63, 3.8) is 0 Å². The van der Waals surface area contributed by atoms with E-state index < -0.39 is 0 Å². The van der Waals surface area contributed by atoms with Gasteiger partial charge in [-0.25, -0.2) is 0 Å². The van der Waals surface area contributed by atoms with Crippen molar-refractivity contribution in [2.24, 2.45) is 23.0 Å². The van der Waals surface area contributed by atoms with Gasteiger partial charge < -0.3 is 10.6 Å². The van der Waals surface area contributed by atoms with Crippen LogP contribution >= 0.6 is 0 Å². The number of hydrogen-bond acceptors (Lipinski definition) is 2. The molecule has 1 saturated heterocycles. The molecule has 0 spiro atoms. The molecule has 0 aromatic heterocycles. The molecular weight excluding hydrogens is 232 g/mol. The minimum atomic E-state index is 0.462. The van der Waals surface area contributed by atoms with Crippen molar-refractivity contribution in [3.8, 4) is 0 Å². The lowest BCUT2D eigenvalue weighted by Gasteiger charge is -2.46. The Morgan fingerprint density at radius 3 is 2.16 bits per heavy atom. The molecule has 112 valence electrons. The first-order valence-electron chi connectivity index (χ1n) is 8.46. The van der Waals surface area contributed by atoms with Crippen LogP contribution in [0.3, 0.4) is 0 Å². The Bertz CT molecular complexity index is 261. The van der Waals surface area contributed by atoms with Gasteiger partial charge in [0.1, 0.15) is 0 Å². The Kier molecular flexibility index (Phi) is 5.30. The highest BCUT2D eigenvalue weighted by Gasteiger charge is 2.37. The molecule has 2 aliphatic rings. The molecule has 1 heterocycles. The fraction of sp³-hybridized carbons (Fsp3) is 1.00. The van der Waals surface area contributed by atoms with Crippen molar-refractivity contribution >= 4 is 0 Å². The van der Waals surface area contributed by atoms with Crippen molar-refractivity contribution in [2.75, 3.05) is 19.6 Å². The van der Waals surface area contributed by atoms with E-state index >= 15 is 0 Å². The Hall–Kier alpha value is -0.0800. The summed E-state index contributed by atoms with van der Waals surface area (Å²) < 4.78 is 0. The Morgan fingerprint density at radius 2 is 1.63 bits per heavy atom. The van der Waals surface area contributed by atoms with Gasteiger partial charge in [0, 0.05) is 6.04 Å². The predicted molar refractivity (Wildman–Crippen MR) is 83.2 cm³/mol. The molecule has 0 amide bonds.